The molecule has 2 rings (SSSR count). The highest BCUT2D eigenvalue weighted by Gasteiger charge is 2.22. The number of hydrogen-bond acceptors (Lipinski definition) is 2. The van der Waals surface area contributed by atoms with Gasteiger partial charge in [-0.2, -0.15) is 0 Å². The van der Waals surface area contributed by atoms with E-state index >= 15 is 0 Å². The van der Waals surface area contributed by atoms with Gasteiger partial charge in [0.2, 0.25) is 0 Å². The third-order valence-corrected chi connectivity index (χ3v) is 3.22. The summed E-state index contributed by atoms with van der Waals surface area (Å²) in [5, 5.41) is 3.18. The minimum atomic E-state index is 0.871. The predicted molar refractivity (Wildman–Crippen MR) is 68.7 cm³/mol. The Morgan fingerprint density at radius 2 is 1.94 bits per heavy atom. The molecule has 0 aliphatic heterocycles. The normalized spacial score (nSPS) is 15.7. The van der Waals surface area contributed by atoms with E-state index in [4.69, 9.17) is 0 Å². The molecule has 0 radical (unpaired) electrons. The number of likely N-dealkylation sites (N-methyl/N-ethyl adjacent to an activating group) is 2. The number of nitrogens with zero attached hydrogens (tertiary/aromatic N) is 1. The Morgan fingerprint density at radius 1 is 1.25 bits per heavy atom. The van der Waals surface area contributed by atoms with Gasteiger partial charge in [-0.1, -0.05) is 24.3 Å². The first-order valence-corrected chi connectivity index (χ1v) is 6.21. The van der Waals surface area contributed by atoms with E-state index in [1.807, 2.05) is 7.05 Å². The van der Waals surface area contributed by atoms with Crippen molar-refractivity contribution in [2.75, 3.05) is 27.2 Å². The minimum absolute atomic E-state index is 0.871. The second-order valence-corrected chi connectivity index (χ2v) is 4.86. The van der Waals surface area contributed by atoms with Crippen molar-refractivity contribution in [3.8, 4) is 0 Å². The first kappa shape index (κ1) is 11.6. The summed E-state index contributed by atoms with van der Waals surface area (Å²) in [5.41, 5.74) is 2.95. The Labute approximate surface area is 98.7 Å². The van der Waals surface area contributed by atoms with Crippen molar-refractivity contribution in [1.29, 1.82) is 0 Å². The van der Waals surface area contributed by atoms with Gasteiger partial charge in [-0.25, -0.2) is 0 Å². The van der Waals surface area contributed by atoms with Gasteiger partial charge >= 0.3 is 0 Å². The van der Waals surface area contributed by atoms with Crippen LogP contribution in [0.1, 0.15) is 29.9 Å². The van der Waals surface area contributed by atoms with Crippen LogP contribution in [0.3, 0.4) is 0 Å². The molecule has 1 aromatic rings. The summed E-state index contributed by atoms with van der Waals surface area (Å²) in [6.45, 7) is 3.20. The zero-order chi connectivity index (χ0) is 11.4. The monoisotopic (exact) mass is 218 g/mol. The highest BCUT2D eigenvalue weighted by molar-refractivity contribution is 5.27. The lowest BCUT2D eigenvalue weighted by molar-refractivity contribution is 0.328. The van der Waals surface area contributed by atoms with Crippen molar-refractivity contribution in [3.05, 3.63) is 35.4 Å². The highest BCUT2D eigenvalue weighted by atomic mass is 15.1. The van der Waals surface area contributed by atoms with E-state index in [-0.39, 0.29) is 0 Å². The first-order valence-electron chi connectivity index (χ1n) is 6.21. The van der Waals surface area contributed by atoms with Gasteiger partial charge in [0.15, 0.2) is 0 Å². The molecule has 1 aromatic carbocycles. The minimum Gasteiger partial charge on any atom is -0.318 e. The molecule has 0 heterocycles. The molecule has 16 heavy (non-hydrogen) atoms. The lowest BCUT2D eigenvalue weighted by Gasteiger charge is -2.16. The molecule has 2 heteroatoms. The summed E-state index contributed by atoms with van der Waals surface area (Å²) < 4.78 is 0. The van der Waals surface area contributed by atoms with Crippen LogP contribution in [0.25, 0.3) is 0 Å². The van der Waals surface area contributed by atoms with Gasteiger partial charge in [-0.3, -0.25) is 0 Å². The van der Waals surface area contributed by atoms with Gasteiger partial charge in [0, 0.05) is 19.6 Å². The maximum absolute atomic E-state index is 3.18. The highest BCUT2D eigenvalue weighted by Crippen LogP contribution is 2.39. The second kappa shape index (κ2) is 5.46. The third kappa shape index (κ3) is 3.32. The summed E-state index contributed by atoms with van der Waals surface area (Å²) in [4.78, 5) is 2.35. The summed E-state index contributed by atoms with van der Waals surface area (Å²) in [7, 11) is 4.17. The Bertz CT molecular complexity index is 314. The quantitative estimate of drug-likeness (QED) is 0.787. The molecule has 88 valence electrons. The molecule has 1 aliphatic rings. The smallest absolute Gasteiger partial charge is 0.0231 e. The van der Waals surface area contributed by atoms with Crippen molar-refractivity contribution >= 4 is 0 Å². The van der Waals surface area contributed by atoms with Crippen LogP contribution in [0, 0.1) is 0 Å². The summed E-state index contributed by atoms with van der Waals surface area (Å²) >= 11 is 0. The molecule has 0 atom stereocenters. The van der Waals surface area contributed by atoms with Crippen LogP contribution in [-0.2, 0) is 6.54 Å². The summed E-state index contributed by atoms with van der Waals surface area (Å²) in [5.74, 6) is 0.871. The fraction of sp³-hybridized carbons (Fsp3) is 0.571. The number of rotatable bonds is 6. The van der Waals surface area contributed by atoms with Crippen molar-refractivity contribution in [1.82, 2.24) is 10.2 Å². The van der Waals surface area contributed by atoms with Gasteiger partial charge in [0.1, 0.15) is 0 Å². The van der Waals surface area contributed by atoms with Crippen molar-refractivity contribution < 1.29 is 0 Å². The zero-order valence-corrected chi connectivity index (χ0v) is 10.4. The molecule has 0 unspecified atom stereocenters. The number of nitrogens with one attached hydrogen (secondary N) is 1. The average Bonchev–Trinajstić information content (AvgIpc) is 3.11. The Kier molecular flexibility index (Phi) is 3.97. The maximum Gasteiger partial charge on any atom is 0.0231 e. The van der Waals surface area contributed by atoms with E-state index in [2.05, 4.69) is 41.5 Å². The second-order valence-electron chi connectivity index (χ2n) is 4.86. The van der Waals surface area contributed by atoms with Crippen LogP contribution in [-0.4, -0.2) is 32.1 Å². The fourth-order valence-electron chi connectivity index (χ4n) is 2.01. The van der Waals surface area contributed by atoms with Crippen LogP contribution in [0.15, 0.2) is 24.3 Å². The largest absolute Gasteiger partial charge is 0.318 e. The van der Waals surface area contributed by atoms with Crippen LogP contribution in [0.2, 0.25) is 0 Å². The number of hydrogen-bond donors (Lipinski definition) is 1. The molecule has 0 amide bonds. The molecule has 0 saturated heterocycles. The van der Waals surface area contributed by atoms with E-state index in [1.165, 1.54) is 24.0 Å². The molecular formula is C14H22N2. The van der Waals surface area contributed by atoms with Gasteiger partial charge in [-0.05, 0) is 44.0 Å². The molecule has 1 N–H and O–H groups in total. The van der Waals surface area contributed by atoms with Crippen molar-refractivity contribution in [2.45, 2.75) is 25.3 Å². The van der Waals surface area contributed by atoms with Crippen LogP contribution >= 0.6 is 0 Å². The third-order valence-electron chi connectivity index (χ3n) is 3.22. The topological polar surface area (TPSA) is 15.3 Å². The molecule has 0 bridgehead atoms. The molecule has 0 aromatic heterocycles. The van der Waals surface area contributed by atoms with Gasteiger partial charge in [-0.15, -0.1) is 0 Å². The van der Waals surface area contributed by atoms with Gasteiger partial charge in [0.25, 0.3) is 0 Å². The standard InChI is InChI=1S/C14H22N2/c1-15-9-10-16(2)11-12-3-5-13(6-4-12)14-7-8-14/h3-6,14-15H,7-11H2,1-2H3. The lowest BCUT2D eigenvalue weighted by Crippen LogP contribution is -2.26. The number of benzene rings is 1. The fourth-order valence-corrected chi connectivity index (χ4v) is 2.01. The lowest BCUT2D eigenvalue weighted by atomic mass is 10.1. The van der Waals surface area contributed by atoms with Crippen LogP contribution < -0.4 is 5.32 Å². The van der Waals surface area contributed by atoms with E-state index in [0.29, 0.717) is 0 Å². The van der Waals surface area contributed by atoms with E-state index < -0.39 is 0 Å². The Hall–Kier alpha value is -0.860. The van der Waals surface area contributed by atoms with Crippen LogP contribution in [0.4, 0.5) is 0 Å². The SMILES string of the molecule is CNCCN(C)Cc1ccc(C2CC2)cc1. The van der Waals surface area contributed by atoms with Crippen molar-refractivity contribution in [2.24, 2.45) is 0 Å². The first-order chi connectivity index (χ1) is 7.79. The van der Waals surface area contributed by atoms with E-state index in [9.17, 15) is 0 Å². The molecule has 2 nitrogen and oxygen atoms in total. The summed E-state index contributed by atoms with van der Waals surface area (Å²) in [6, 6.07) is 9.17. The maximum atomic E-state index is 3.18. The zero-order valence-electron chi connectivity index (χ0n) is 10.4. The molecule has 1 saturated carbocycles. The predicted octanol–water partition coefficient (Wildman–Crippen LogP) is 2.22. The molecule has 0 spiro atoms. The van der Waals surface area contributed by atoms with E-state index in [0.717, 1.165) is 25.6 Å². The van der Waals surface area contributed by atoms with E-state index in [1.54, 1.807) is 0 Å². The van der Waals surface area contributed by atoms with Crippen molar-refractivity contribution in [3.63, 3.8) is 0 Å². The average molecular weight is 218 g/mol. The van der Waals surface area contributed by atoms with Crippen LogP contribution in [0.5, 0.6) is 0 Å². The Morgan fingerprint density at radius 3 is 2.50 bits per heavy atom. The molecule has 1 fully saturated rings. The summed E-state index contributed by atoms with van der Waals surface area (Å²) in [6.07, 6.45) is 2.78. The molecule has 1 aliphatic carbocycles. The van der Waals surface area contributed by atoms with Gasteiger partial charge in [0.05, 0.1) is 0 Å². The van der Waals surface area contributed by atoms with Gasteiger partial charge < -0.3 is 10.2 Å². The molecular weight excluding hydrogens is 196 g/mol. The Balaban J connectivity index is 1.84.